The van der Waals surface area contributed by atoms with E-state index in [0.717, 1.165) is 11.1 Å². The van der Waals surface area contributed by atoms with Crippen LogP contribution in [-0.4, -0.2) is 34.3 Å². The Morgan fingerprint density at radius 3 is 2.47 bits per heavy atom. The van der Waals surface area contributed by atoms with Crippen LogP contribution in [0.25, 0.3) is 11.1 Å². The third-order valence-corrected chi connectivity index (χ3v) is 5.45. The third kappa shape index (κ3) is 6.03. The lowest BCUT2D eigenvalue weighted by molar-refractivity contribution is 0.0505. The van der Waals surface area contributed by atoms with Crippen molar-refractivity contribution in [2.75, 3.05) is 23.8 Å². The van der Waals surface area contributed by atoms with E-state index in [1.54, 1.807) is 12.1 Å². The van der Waals surface area contributed by atoms with Gasteiger partial charge in [0.2, 0.25) is 5.95 Å². The van der Waals surface area contributed by atoms with Crippen LogP contribution in [0, 0.1) is 5.82 Å². The summed E-state index contributed by atoms with van der Waals surface area (Å²) >= 11 is 0. The van der Waals surface area contributed by atoms with E-state index >= 15 is 0 Å². The van der Waals surface area contributed by atoms with E-state index < -0.39 is 12.0 Å². The third-order valence-electron chi connectivity index (χ3n) is 5.45. The van der Waals surface area contributed by atoms with E-state index in [1.165, 1.54) is 12.3 Å². The number of anilines is 3. The lowest BCUT2D eigenvalue weighted by Gasteiger charge is -2.19. The van der Waals surface area contributed by atoms with E-state index in [-0.39, 0.29) is 36.4 Å². The predicted molar refractivity (Wildman–Crippen MR) is 138 cm³/mol. The summed E-state index contributed by atoms with van der Waals surface area (Å²) in [5, 5.41) is 16.2. The van der Waals surface area contributed by atoms with Gasteiger partial charge in [0, 0.05) is 17.4 Å². The summed E-state index contributed by atoms with van der Waals surface area (Å²) in [7, 11) is 0. The Bertz CT molecular complexity index is 1300. The van der Waals surface area contributed by atoms with Crippen LogP contribution in [0.1, 0.15) is 35.3 Å². The molecule has 0 saturated heterocycles. The molecular formula is C28H27FN4O3. The van der Waals surface area contributed by atoms with Gasteiger partial charge in [0.25, 0.3) is 0 Å². The number of aliphatic hydroxyl groups is 1. The van der Waals surface area contributed by atoms with Crippen LogP contribution in [0.5, 0.6) is 0 Å². The minimum atomic E-state index is -0.566. The van der Waals surface area contributed by atoms with Crippen LogP contribution < -0.4 is 10.6 Å². The molecule has 0 bridgehead atoms. The molecule has 0 aliphatic heterocycles. The van der Waals surface area contributed by atoms with Crippen molar-refractivity contribution in [1.29, 1.82) is 0 Å². The zero-order valence-corrected chi connectivity index (χ0v) is 19.8. The normalized spacial score (nSPS) is 11.5. The molecule has 3 N–H and O–H groups in total. The van der Waals surface area contributed by atoms with Gasteiger partial charge in [0.15, 0.2) is 0 Å². The molecule has 36 heavy (non-hydrogen) atoms. The summed E-state index contributed by atoms with van der Waals surface area (Å²) < 4.78 is 19.8. The number of hydrogen-bond acceptors (Lipinski definition) is 7. The molecule has 3 aromatic carbocycles. The fourth-order valence-electron chi connectivity index (χ4n) is 3.63. The second-order valence-electron chi connectivity index (χ2n) is 8.07. The van der Waals surface area contributed by atoms with Crippen molar-refractivity contribution in [2.45, 2.75) is 19.4 Å². The first-order valence-electron chi connectivity index (χ1n) is 11.7. The summed E-state index contributed by atoms with van der Waals surface area (Å²) in [5.74, 6) is -0.511. The van der Waals surface area contributed by atoms with Crippen LogP contribution in [0.4, 0.5) is 21.8 Å². The molecule has 4 rings (SSSR count). The van der Waals surface area contributed by atoms with Gasteiger partial charge in [0.05, 0.1) is 19.3 Å². The summed E-state index contributed by atoms with van der Waals surface area (Å²) in [5.41, 5.74) is 2.72. The average molecular weight is 487 g/mol. The maximum atomic E-state index is 14.5. The Hall–Kier alpha value is -4.30. The lowest BCUT2D eigenvalue weighted by Crippen LogP contribution is -2.19. The molecule has 0 saturated carbocycles. The highest BCUT2D eigenvalue weighted by Gasteiger charge is 2.20. The molecule has 0 unspecified atom stereocenters. The fraction of sp³-hybridized carbons (Fsp3) is 0.179. The molecule has 184 valence electrons. The van der Waals surface area contributed by atoms with Gasteiger partial charge < -0.3 is 20.5 Å². The van der Waals surface area contributed by atoms with Gasteiger partial charge in [0.1, 0.15) is 17.2 Å². The molecule has 0 amide bonds. The van der Waals surface area contributed by atoms with Crippen molar-refractivity contribution in [3.05, 3.63) is 102 Å². The first-order valence-corrected chi connectivity index (χ1v) is 11.7. The second kappa shape index (κ2) is 11.9. The maximum Gasteiger partial charge on any atom is 0.343 e. The summed E-state index contributed by atoms with van der Waals surface area (Å²) in [6.45, 7) is 1.94. The van der Waals surface area contributed by atoms with Crippen molar-refractivity contribution < 1.29 is 19.0 Å². The molecule has 7 nitrogen and oxygen atoms in total. The summed E-state index contributed by atoms with van der Waals surface area (Å²) in [6.07, 6.45) is 2.04. The number of aliphatic hydroxyl groups excluding tert-OH is 1. The van der Waals surface area contributed by atoms with Gasteiger partial charge in [-0.2, -0.15) is 4.98 Å². The van der Waals surface area contributed by atoms with Crippen LogP contribution in [0.15, 0.2) is 85.1 Å². The predicted octanol–water partition coefficient (Wildman–Crippen LogP) is 5.74. The summed E-state index contributed by atoms with van der Waals surface area (Å²) in [4.78, 5) is 21.4. The summed E-state index contributed by atoms with van der Waals surface area (Å²) in [6, 6.07) is 22.7. The number of benzene rings is 3. The highest BCUT2D eigenvalue weighted by atomic mass is 19.1. The molecule has 1 heterocycles. The molecule has 1 aromatic heterocycles. The Kier molecular flexibility index (Phi) is 8.20. The number of rotatable bonds is 10. The average Bonchev–Trinajstić information content (AvgIpc) is 2.92. The number of aromatic nitrogens is 2. The zero-order chi connectivity index (χ0) is 25.3. The van der Waals surface area contributed by atoms with Gasteiger partial charge in [-0.05, 0) is 35.7 Å². The molecule has 0 fully saturated rings. The highest BCUT2D eigenvalue weighted by Crippen LogP contribution is 2.28. The Morgan fingerprint density at radius 2 is 1.78 bits per heavy atom. The number of halogens is 1. The molecular weight excluding hydrogens is 459 g/mol. The molecule has 4 aromatic rings. The lowest BCUT2D eigenvalue weighted by atomic mass is 10.0. The largest absolute Gasteiger partial charge is 0.462 e. The molecule has 0 radical (unpaired) electrons. The topological polar surface area (TPSA) is 96.4 Å². The molecule has 0 aliphatic rings. The minimum absolute atomic E-state index is 0.146. The maximum absolute atomic E-state index is 14.5. The van der Waals surface area contributed by atoms with Crippen LogP contribution in [0.3, 0.4) is 0 Å². The first kappa shape index (κ1) is 24.8. The Morgan fingerprint density at radius 1 is 1.06 bits per heavy atom. The standard InChI is InChI=1S/C28H27FN4O3/c1-2-15-36-27(35)23-17-30-28(33-26(23)32-25(18-34)20-11-7-4-8-12-20)31-21-13-14-24(29)22(16-21)19-9-5-3-6-10-19/h3-14,16-17,25,34H,2,15,18H2,1H3,(H2,30,31,32,33)/t25-/m1/s1. The number of hydrogen-bond donors (Lipinski definition) is 3. The number of nitrogens with one attached hydrogen (secondary N) is 2. The number of esters is 1. The van der Waals surface area contributed by atoms with Gasteiger partial charge in [-0.25, -0.2) is 14.2 Å². The first-order chi connectivity index (χ1) is 17.6. The van der Waals surface area contributed by atoms with E-state index in [9.17, 15) is 14.3 Å². The Labute approximate surface area is 209 Å². The van der Waals surface area contributed by atoms with Gasteiger partial charge >= 0.3 is 5.97 Å². The van der Waals surface area contributed by atoms with Gasteiger partial charge in [-0.3, -0.25) is 0 Å². The number of nitrogens with zero attached hydrogens (tertiary/aromatic N) is 2. The fourth-order valence-corrected chi connectivity index (χ4v) is 3.63. The van der Waals surface area contributed by atoms with E-state index in [1.807, 2.05) is 67.6 Å². The van der Waals surface area contributed by atoms with E-state index in [2.05, 4.69) is 20.6 Å². The zero-order valence-electron chi connectivity index (χ0n) is 19.8. The van der Waals surface area contributed by atoms with Crippen LogP contribution in [-0.2, 0) is 4.74 Å². The number of ether oxygens (including phenoxy) is 1. The monoisotopic (exact) mass is 486 g/mol. The minimum Gasteiger partial charge on any atom is -0.462 e. The van der Waals surface area contributed by atoms with E-state index in [0.29, 0.717) is 17.7 Å². The second-order valence-corrected chi connectivity index (χ2v) is 8.07. The van der Waals surface area contributed by atoms with Gasteiger partial charge in [-0.15, -0.1) is 0 Å². The van der Waals surface area contributed by atoms with Crippen LogP contribution in [0.2, 0.25) is 0 Å². The van der Waals surface area contributed by atoms with Crippen molar-refractivity contribution >= 4 is 23.4 Å². The molecule has 0 aliphatic carbocycles. The Balaban J connectivity index is 1.65. The smallest absolute Gasteiger partial charge is 0.343 e. The van der Waals surface area contributed by atoms with Crippen molar-refractivity contribution in [2.24, 2.45) is 0 Å². The quantitative estimate of drug-likeness (QED) is 0.246. The van der Waals surface area contributed by atoms with E-state index in [4.69, 9.17) is 4.74 Å². The van der Waals surface area contributed by atoms with Crippen molar-refractivity contribution in [3.8, 4) is 11.1 Å². The number of carbonyl (C=O) groups excluding carboxylic acids is 1. The van der Waals surface area contributed by atoms with Crippen molar-refractivity contribution in [1.82, 2.24) is 9.97 Å². The highest BCUT2D eigenvalue weighted by molar-refractivity contribution is 5.94. The van der Waals surface area contributed by atoms with Crippen LogP contribution >= 0.6 is 0 Å². The van der Waals surface area contributed by atoms with Crippen molar-refractivity contribution in [3.63, 3.8) is 0 Å². The van der Waals surface area contributed by atoms with Gasteiger partial charge in [-0.1, -0.05) is 67.6 Å². The molecule has 0 spiro atoms. The number of carbonyl (C=O) groups is 1. The molecule has 8 heteroatoms. The molecule has 1 atom stereocenters. The SMILES string of the molecule is CCCOC(=O)c1cnc(Nc2ccc(F)c(-c3ccccc3)c2)nc1N[C@H](CO)c1ccccc1.